The summed E-state index contributed by atoms with van der Waals surface area (Å²) in [4.78, 5) is 211. The minimum absolute atomic E-state index is 0.0233. The molecule has 3 heterocycles. The lowest BCUT2D eigenvalue weighted by atomic mass is 9.94. The lowest BCUT2D eigenvalue weighted by molar-refractivity contribution is -0.147. The van der Waals surface area contributed by atoms with Crippen LogP contribution >= 0.6 is 0 Å². The third kappa shape index (κ3) is 24.3. The highest BCUT2D eigenvalue weighted by atomic mass is 16.3. The van der Waals surface area contributed by atoms with Crippen molar-refractivity contribution in [2.45, 2.75) is 297 Å². The van der Waals surface area contributed by atoms with Crippen LogP contribution in [0.3, 0.4) is 0 Å². The van der Waals surface area contributed by atoms with E-state index in [4.69, 9.17) is 5.73 Å². The predicted octanol–water partition coefficient (Wildman–Crippen LogP) is -0.813. The first-order chi connectivity index (χ1) is 47.2. The van der Waals surface area contributed by atoms with Gasteiger partial charge in [-0.2, -0.15) is 0 Å². The van der Waals surface area contributed by atoms with Gasteiger partial charge in [-0.15, -0.1) is 0 Å². The second-order valence-electron chi connectivity index (χ2n) is 31.0. The minimum atomic E-state index is -1.74. The van der Waals surface area contributed by atoms with E-state index in [1.165, 1.54) is 77.0 Å². The van der Waals surface area contributed by atoms with Gasteiger partial charge in [0.05, 0.1) is 25.7 Å². The Labute approximate surface area is 601 Å². The van der Waals surface area contributed by atoms with Crippen LogP contribution < -0.4 is 64.2 Å². The highest BCUT2D eigenvalue weighted by molar-refractivity contribution is 6.03. The van der Waals surface area contributed by atoms with E-state index in [0.717, 1.165) is 0 Å². The van der Waals surface area contributed by atoms with Gasteiger partial charge in [0.15, 0.2) is 0 Å². The molecule has 0 radical (unpaired) electrons. The van der Waals surface area contributed by atoms with Crippen molar-refractivity contribution in [2.24, 2.45) is 29.4 Å². The number of aliphatic hydroxyl groups excluding tert-OH is 2. The number of nitrogens with two attached hydrogens (primary N) is 1. The van der Waals surface area contributed by atoms with E-state index in [1.54, 1.807) is 41.5 Å². The maximum Gasteiger partial charge on any atom is 0.248 e. The van der Waals surface area contributed by atoms with Gasteiger partial charge in [0.2, 0.25) is 88.6 Å². The zero-order valence-electron chi connectivity index (χ0n) is 63.7. The van der Waals surface area contributed by atoms with Gasteiger partial charge >= 0.3 is 0 Å². The fraction of sp³-hybridized carbons (Fsp3) is 0.786. The molecule has 15 amide bonds. The van der Waals surface area contributed by atoms with Crippen LogP contribution in [0, 0.1) is 23.7 Å². The van der Waals surface area contributed by atoms with Gasteiger partial charge in [-0.3, -0.25) is 71.9 Å². The quantitative estimate of drug-likeness (QED) is 0.0359. The Bertz CT molecular complexity index is 3050. The van der Waals surface area contributed by atoms with Crippen LogP contribution in [0.1, 0.15) is 215 Å². The topological polar surface area (TPSA) is 465 Å². The average Bonchev–Trinajstić information content (AvgIpc) is 1.46. The van der Waals surface area contributed by atoms with E-state index < -0.39 is 190 Å². The Morgan fingerprint density at radius 2 is 0.804 bits per heavy atom. The van der Waals surface area contributed by atoms with Crippen molar-refractivity contribution < 1.29 is 82.1 Å². The molecule has 15 N–H and O–H groups in total. The van der Waals surface area contributed by atoms with Gasteiger partial charge in [-0.1, -0.05) is 75.7 Å². The van der Waals surface area contributed by atoms with E-state index in [0.29, 0.717) is 38.5 Å². The molecule has 32 nitrogen and oxygen atoms in total. The smallest absolute Gasteiger partial charge is 0.248 e. The molecule has 3 rings (SSSR count). The summed E-state index contributed by atoms with van der Waals surface area (Å²) in [7, 11) is 0. The second-order valence-corrected chi connectivity index (χ2v) is 31.0. The summed E-state index contributed by atoms with van der Waals surface area (Å²) in [6.45, 7) is 29.8. The molecule has 0 aromatic heterocycles. The SMILES string of the molecule is CC[C@H](C)[C@H](NC(=O)[C@H](CO)NC(=O)[C@@H]1CCCN1C(=O)C(C)(C)NC(=O)[C@H](CC(C)C)NC(=O)[C@H](CC(N)=O)NC(=O)[C@@](C)(CC)NC(C)=O)C(=O)NC(C)(C)C(=O)N1CCC[C@H]1C(=O)N[C@](C)(CC)C(=O)N[C@@H](CC(C)C)C(=O)NC(C)(C)C(=O)N1CCC[C@H]1C(=O)N[C@H](CO)CC(C)C. The standard InChI is InChI=1S/C70H121N15O17/c1-20-41(10)52(77-54(91)47(37-87)74-58(95)49-27-24-30-84(49)64(101)66(12,13)79-55(92)44(33-39(6)7)73-53(90)46(35-51(71)89)76-61(98)69(18,21-2)78-42(11)88)60(97)81-68(16,17)65(102)85-31-25-28-50(85)59(96)82-70(19,22-3)62(99)75-45(34-40(8)9)56(93)80-67(14,15)63(100)83-29-23-26-48(83)57(94)72-43(36-86)32-38(4)5/h38-41,43-50,52,86-87H,20-37H2,1-19H3,(H2,71,89)(H,72,94)(H,73,90)(H,74,95)(H,75,99)(H,76,98)(H,77,91)(H,78,88)(H,79,92)(H,80,93)(H,81,97)(H,82,96)/t41-,43-,44-,45-,46-,47-,48-,49-,50-,52-,69+,70+/m0/s1. The molecule has 0 aliphatic carbocycles. The van der Waals surface area contributed by atoms with Crippen LogP contribution in [0.2, 0.25) is 0 Å². The number of nitrogens with zero attached hydrogens (tertiary/aromatic N) is 3. The maximum atomic E-state index is 14.6. The molecule has 0 saturated carbocycles. The number of carbonyl (C=O) groups excluding carboxylic acids is 15. The fourth-order valence-electron chi connectivity index (χ4n) is 12.8. The summed E-state index contributed by atoms with van der Waals surface area (Å²) in [6, 6.07) is -10.8. The van der Waals surface area contributed by atoms with Gasteiger partial charge < -0.3 is 89.1 Å². The first-order valence-corrected chi connectivity index (χ1v) is 36.0. The van der Waals surface area contributed by atoms with Gasteiger partial charge in [0.1, 0.15) is 76.0 Å². The Balaban J connectivity index is 1.74. The minimum Gasteiger partial charge on any atom is -0.394 e. The number of carbonyl (C=O) groups is 15. The van der Waals surface area contributed by atoms with Crippen LogP contribution in [-0.2, 0) is 71.9 Å². The molecule has 3 fully saturated rings. The normalized spacial score (nSPS) is 19.6. The molecule has 3 aliphatic heterocycles. The van der Waals surface area contributed by atoms with Crippen molar-refractivity contribution in [1.29, 1.82) is 0 Å². The molecule has 3 saturated heterocycles. The van der Waals surface area contributed by atoms with Gasteiger partial charge in [0.25, 0.3) is 0 Å². The van der Waals surface area contributed by atoms with Crippen molar-refractivity contribution in [1.82, 2.24) is 73.2 Å². The number of amides is 15. The van der Waals surface area contributed by atoms with Gasteiger partial charge in [0, 0.05) is 26.6 Å². The van der Waals surface area contributed by atoms with E-state index in [9.17, 15) is 82.1 Å². The summed E-state index contributed by atoms with van der Waals surface area (Å²) in [5.74, 6) is -11.9. The Morgan fingerprint density at radius 1 is 0.431 bits per heavy atom. The molecule has 102 heavy (non-hydrogen) atoms. The molecule has 0 bridgehead atoms. The second kappa shape index (κ2) is 37.9. The molecule has 0 unspecified atom stereocenters. The van der Waals surface area contributed by atoms with Crippen molar-refractivity contribution in [2.75, 3.05) is 32.8 Å². The lowest BCUT2D eigenvalue weighted by Crippen LogP contribution is -2.66. The third-order valence-corrected chi connectivity index (χ3v) is 19.3. The van der Waals surface area contributed by atoms with Crippen molar-refractivity contribution in [3.63, 3.8) is 0 Å². The molecule has 32 heteroatoms. The van der Waals surface area contributed by atoms with Crippen LogP contribution in [0.5, 0.6) is 0 Å². The lowest BCUT2D eigenvalue weighted by Gasteiger charge is -2.37. The van der Waals surface area contributed by atoms with Crippen LogP contribution in [0.25, 0.3) is 0 Å². The van der Waals surface area contributed by atoms with Gasteiger partial charge in [-0.25, -0.2) is 0 Å². The Morgan fingerprint density at radius 3 is 1.18 bits per heavy atom. The van der Waals surface area contributed by atoms with E-state index in [-0.39, 0.29) is 82.5 Å². The molecule has 0 aromatic carbocycles. The fourth-order valence-corrected chi connectivity index (χ4v) is 12.8. The molecular formula is C70H121N15O17. The highest BCUT2D eigenvalue weighted by Crippen LogP contribution is 2.28. The summed E-state index contributed by atoms with van der Waals surface area (Å²) in [6.07, 6.45) is 2.39. The van der Waals surface area contributed by atoms with Crippen LogP contribution in [-0.4, -0.2) is 228 Å². The third-order valence-electron chi connectivity index (χ3n) is 19.3. The molecule has 3 aliphatic rings. The van der Waals surface area contributed by atoms with E-state index in [1.807, 2.05) is 27.7 Å². The van der Waals surface area contributed by atoms with Crippen LogP contribution in [0.15, 0.2) is 0 Å². The number of likely N-dealkylation sites (tertiary alicyclic amines) is 3. The highest BCUT2D eigenvalue weighted by Gasteiger charge is 2.49. The largest absolute Gasteiger partial charge is 0.394 e. The number of hydrogen-bond acceptors (Lipinski definition) is 17. The first kappa shape index (κ1) is 88.2. The van der Waals surface area contributed by atoms with Crippen molar-refractivity contribution in [3.05, 3.63) is 0 Å². The van der Waals surface area contributed by atoms with Crippen LogP contribution in [0.4, 0.5) is 0 Å². The number of primary amides is 1. The molecule has 578 valence electrons. The zero-order valence-corrected chi connectivity index (χ0v) is 63.7. The average molecular weight is 1440 g/mol. The van der Waals surface area contributed by atoms with E-state index >= 15 is 0 Å². The molecule has 0 spiro atoms. The Hall–Kier alpha value is -8.03. The number of hydrogen-bond donors (Lipinski definition) is 14. The summed E-state index contributed by atoms with van der Waals surface area (Å²) in [5, 5.41) is 49.8. The monoisotopic (exact) mass is 1440 g/mol. The molecule has 0 aromatic rings. The summed E-state index contributed by atoms with van der Waals surface area (Å²) in [5.41, 5.74) is -2.68. The summed E-state index contributed by atoms with van der Waals surface area (Å²) < 4.78 is 0. The number of nitrogens with one attached hydrogen (secondary N) is 11. The van der Waals surface area contributed by atoms with E-state index in [2.05, 4.69) is 58.5 Å². The molecular weight excluding hydrogens is 1320 g/mol. The predicted molar refractivity (Wildman–Crippen MR) is 378 cm³/mol. The van der Waals surface area contributed by atoms with Gasteiger partial charge in [-0.05, 0) is 150 Å². The van der Waals surface area contributed by atoms with Crippen molar-refractivity contribution in [3.8, 4) is 0 Å². The summed E-state index contributed by atoms with van der Waals surface area (Å²) >= 11 is 0. The number of rotatable bonds is 38. The Kier molecular flexibility index (Phi) is 32.8. The van der Waals surface area contributed by atoms with Crippen molar-refractivity contribution >= 4 is 88.6 Å². The first-order valence-electron chi connectivity index (χ1n) is 36.0. The zero-order chi connectivity index (χ0) is 77.9. The maximum absolute atomic E-state index is 14.6. The molecule has 12 atom stereocenters. The number of aliphatic hydroxyl groups is 2.